The molecule has 2 nitrogen and oxygen atoms in total. The van der Waals surface area contributed by atoms with E-state index in [0.29, 0.717) is 13.1 Å². The van der Waals surface area contributed by atoms with Gasteiger partial charge >= 0.3 is 0 Å². The van der Waals surface area contributed by atoms with Crippen LogP contribution in [0.3, 0.4) is 0 Å². The third-order valence-corrected chi connectivity index (χ3v) is 4.57. The van der Waals surface area contributed by atoms with Gasteiger partial charge in [-0.3, -0.25) is 4.79 Å². The van der Waals surface area contributed by atoms with E-state index in [2.05, 4.69) is 15.9 Å². The van der Waals surface area contributed by atoms with E-state index in [4.69, 9.17) is 0 Å². The van der Waals surface area contributed by atoms with Crippen LogP contribution < -0.4 is 0 Å². The average Bonchev–Trinajstić information content (AvgIpc) is 2.65. The fourth-order valence-electron chi connectivity index (χ4n) is 2.66. The Morgan fingerprint density at radius 1 is 0.808 bits per heavy atom. The topological polar surface area (TPSA) is 20.3 Å². The third-order valence-electron chi connectivity index (χ3n) is 3.96. The van der Waals surface area contributed by atoms with Crippen LogP contribution in [-0.2, 0) is 13.1 Å². The molecule has 0 saturated heterocycles. The van der Waals surface area contributed by atoms with E-state index in [1.165, 1.54) is 4.90 Å². The smallest absolute Gasteiger partial charge is 0.257 e. The van der Waals surface area contributed by atoms with E-state index in [-0.39, 0.29) is 10.0 Å². The molecule has 1 amide bonds. The van der Waals surface area contributed by atoms with Crippen LogP contribution in [0.2, 0.25) is 0 Å². The van der Waals surface area contributed by atoms with E-state index in [9.17, 15) is 13.6 Å². The molecule has 0 radical (unpaired) electrons. The van der Waals surface area contributed by atoms with Crippen LogP contribution in [0.5, 0.6) is 0 Å². The molecule has 5 heteroatoms. The molecule has 0 saturated carbocycles. The summed E-state index contributed by atoms with van der Waals surface area (Å²) < 4.78 is 28.1. The van der Waals surface area contributed by atoms with Crippen molar-refractivity contribution in [2.24, 2.45) is 0 Å². The Labute approximate surface area is 159 Å². The maximum atomic E-state index is 14.3. The predicted octanol–water partition coefficient (Wildman–Crippen LogP) is 5.57. The van der Waals surface area contributed by atoms with Crippen molar-refractivity contribution in [3.05, 3.63) is 106 Å². The van der Waals surface area contributed by atoms with Gasteiger partial charge in [-0.05, 0) is 39.2 Å². The zero-order valence-electron chi connectivity index (χ0n) is 13.8. The maximum absolute atomic E-state index is 14.3. The molecule has 0 aliphatic carbocycles. The average molecular weight is 416 g/mol. The second kappa shape index (κ2) is 8.23. The number of nitrogens with zero attached hydrogens (tertiary/aromatic N) is 1. The first-order valence-corrected chi connectivity index (χ1v) is 8.85. The fourth-order valence-corrected chi connectivity index (χ4v) is 2.98. The van der Waals surface area contributed by atoms with E-state index < -0.39 is 17.5 Å². The van der Waals surface area contributed by atoms with Crippen molar-refractivity contribution in [1.29, 1.82) is 0 Å². The minimum Gasteiger partial charge on any atom is -0.330 e. The standard InChI is InChI=1S/C21H16BrF2NO/c22-18-12-19(23)17(11-20(18)24)21(26)25(13-15-7-3-1-4-8-15)14-16-9-5-2-6-10-16/h1-12H,13-14H2. The minimum atomic E-state index is -0.755. The number of hydrogen-bond donors (Lipinski definition) is 0. The van der Waals surface area contributed by atoms with Gasteiger partial charge in [0.05, 0.1) is 10.0 Å². The molecule has 3 aromatic carbocycles. The van der Waals surface area contributed by atoms with E-state index in [1.807, 2.05) is 60.7 Å². The first-order chi connectivity index (χ1) is 12.5. The number of carbonyl (C=O) groups excluding carboxylic acids is 1. The first-order valence-electron chi connectivity index (χ1n) is 8.06. The lowest BCUT2D eigenvalue weighted by Crippen LogP contribution is -2.31. The van der Waals surface area contributed by atoms with Crippen LogP contribution in [0.15, 0.2) is 77.3 Å². The molecule has 0 aliphatic heterocycles. The molecular formula is C21H16BrF2NO. The Morgan fingerprint density at radius 2 is 1.31 bits per heavy atom. The van der Waals surface area contributed by atoms with Crippen LogP contribution >= 0.6 is 15.9 Å². The highest BCUT2D eigenvalue weighted by molar-refractivity contribution is 9.10. The van der Waals surface area contributed by atoms with Gasteiger partial charge < -0.3 is 4.90 Å². The van der Waals surface area contributed by atoms with Crippen LogP contribution in [-0.4, -0.2) is 10.8 Å². The van der Waals surface area contributed by atoms with Gasteiger partial charge in [-0.2, -0.15) is 0 Å². The van der Waals surface area contributed by atoms with Gasteiger partial charge in [-0.25, -0.2) is 8.78 Å². The molecule has 0 spiro atoms. The summed E-state index contributed by atoms with van der Waals surface area (Å²) in [7, 11) is 0. The number of carbonyl (C=O) groups is 1. The second-order valence-corrected chi connectivity index (χ2v) is 6.73. The number of hydrogen-bond acceptors (Lipinski definition) is 1. The highest BCUT2D eigenvalue weighted by Gasteiger charge is 2.22. The predicted molar refractivity (Wildman–Crippen MR) is 101 cm³/mol. The van der Waals surface area contributed by atoms with Gasteiger partial charge in [0.1, 0.15) is 11.6 Å². The molecule has 0 aromatic heterocycles. The lowest BCUT2D eigenvalue weighted by atomic mass is 10.1. The van der Waals surface area contributed by atoms with Crippen molar-refractivity contribution in [2.75, 3.05) is 0 Å². The summed E-state index contributed by atoms with van der Waals surface area (Å²) in [6, 6.07) is 20.8. The van der Waals surface area contributed by atoms with Crippen molar-refractivity contribution in [2.45, 2.75) is 13.1 Å². The molecule has 0 fully saturated rings. The van der Waals surface area contributed by atoms with Crippen molar-refractivity contribution < 1.29 is 13.6 Å². The Kier molecular flexibility index (Phi) is 5.78. The normalized spacial score (nSPS) is 10.6. The molecule has 0 heterocycles. The fraction of sp³-hybridized carbons (Fsp3) is 0.0952. The van der Waals surface area contributed by atoms with E-state index in [0.717, 1.165) is 23.3 Å². The van der Waals surface area contributed by atoms with Crippen LogP contribution in [0.25, 0.3) is 0 Å². The summed E-state index contributed by atoms with van der Waals surface area (Å²) >= 11 is 2.93. The van der Waals surface area contributed by atoms with Gasteiger partial charge in [0.25, 0.3) is 5.91 Å². The zero-order valence-corrected chi connectivity index (χ0v) is 15.4. The van der Waals surface area contributed by atoms with Crippen LogP contribution in [0, 0.1) is 11.6 Å². The zero-order chi connectivity index (χ0) is 18.5. The van der Waals surface area contributed by atoms with Crippen molar-refractivity contribution in [3.8, 4) is 0 Å². The monoisotopic (exact) mass is 415 g/mol. The van der Waals surface area contributed by atoms with Gasteiger partial charge in [0.2, 0.25) is 0 Å². The minimum absolute atomic E-state index is 0.00998. The molecule has 0 bridgehead atoms. The molecule has 0 N–H and O–H groups in total. The Bertz CT molecular complexity index is 859. The molecular weight excluding hydrogens is 400 g/mol. The first kappa shape index (κ1) is 18.3. The molecule has 3 aromatic rings. The number of amides is 1. The van der Waals surface area contributed by atoms with Crippen molar-refractivity contribution >= 4 is 21.8 Å². The van der Waals surface area contributed by atoms with Crippen molar-refractivity contribution in [3.63, 3.8) is 0 Å². The lowest BCUT2D eigenvalue weighted by Gasteiger charge is -2.23. The highest BCUT2D eigenvalue weighted by atomic mass is 79.9. The third kappa shape index (κ3) is 4.35. The van der Waals surface area contributed by atoms with E-state index in [1.54, 1.807) is 0 Å². The maximum Gasteiger partial charge on any atom is 0.257 e. The van der Waals surface area contributed by atoms with Gasteiger partial charge in [-0.1, -0.05) is 60.7 Å². The Hall–Kier alpha value is -2.53. The summed E-state index contributed by atoms with van der Waals surface area (Å²) in [6.45, 7) is 0.595. The van der Waals surface area contributed by atoms with Gasteiger partial charge in [-0.15, -0.1) is 0 Å². The molecule has 3 rings (SSSR count). The number of halogens is 3. The number of benzene rings is 3. The Balaban J connectivity index is 1.94. The SMILES string of the molecule is O=C(c1cc(F)c(Br)cc1F)N(Cc1ccccc1)Cc1ccccc1. The summed E-state index contributed by atoms with van der Waals surface area (Å²) in [6.07, 6.45) is 0. The molecule has 0 aliphatic rings. The number of rotatable bonds is 5. The summed E-state index contributed by atoms with van der Waals surface area (Å²) in [4.78, 5) is 14.5. The molecule has 0 atom stereocenters. The summed E-state index contributed by atoms with van der Waals surface area (Å²) in [5, 5.41) is 0. The quantitative estimate of drug-likeness (QED) is 0.498. The highest BCUT2D eigenvalue weighted by Crippen LogP contribution is 2.22. The van der Waals surface area contributed by atoms with Crippen LogP contribution in [0.1, 0.15) is 21.5 Å². The second-order valence-electron chi connectivity index (χ2n) is 5.88. The molecule has 0 unspecified atom stereocenters. The van der Waals surface area contributed by atoms with Gasteiger partial charge in [0.15, 0.2) is 0 Å². The van der Waals surface area contributed by atoms with Crippen molar-refractivity contribution in [1.82, 2.24) is 4.90 Å². The largest absolute Gasteiger partial charge is 0.330 e. The summed E-state index contributed by atoms with van der Waals surface area (Å²) in [5.41, 5.74) is 1.54. The van der Waals surface area contributed by atoms with E-state index >= 15 is 0 Å². The van der Waals surface area contributed by atoms with Crippen LogP contribution in [0.4, 0.5) is 8.78 Å². The summed E-state index contributed by atoms with van der Waals surface area (Å²) in [5.74, 6) is -1.98. The molecule has 132 valence electrons. The lowest BCUT2D eigenvalue weighted by molar-refractivity contribution is 0.0724. The van der Waals surface area contributed by atoms with Gasteiger partial charge in [0, 0.05) is 13.1 Å². The Morgan fingerprint density at radius 3 is 1.81 bits per heavy atom. The molecule has 26 heavy (non-hydrogen) atoms.